The summed E-state index contributed by atoms with van der Waals surface area (Å²) in [6, 6.07) is 37.0. The van der Waals surface area contributed by atoms with E-state index in [0.717, 1.165) is 33.4 Å². The summed E-state index contributed by atoms with van der Waals surface area (Å²) in [5, 5.41) is 6.89. The molecule has 188 valence electrons. The molecule has 0 aromatic heterocycles. The monoisotopic (exact) mass is 492 g/mol. The maximum absolute atomic E-state index is 6.00. The van der Waals surface area contributed by atoms with Gasteiger partial charge in [0.25, 0.3) is 0 Å². The molecular weight excluding hydrogens is 458 g/mol. The third-order valence-electron chi connectivity index (χ3n) is 5.91. The van der Waals surface area contributed by atoms with Crippen LogP contribution in [0.25, 0.3) is 0 Å². The molecule has 0 aliphatic rings. The highest BCUT2D eigenvalue weighted by Gasteiger charge is 2.20. The van der Waals surface area contributed by atoms with Crippen LogP contribution in [0.15, 0.2) is 109 Å². The minimum absolute atomic E-state index is 0.197. The van der Waals surface area contributed by atoms with Gasteiger partial charge in [-0.25, -0.2) is 0 Å². The Balaban J connectivity index is 1.29. The zero-order valence-electron chi connectivity index (χ0n) is 21.6. The number of benzene rings is 4. The van der Waals surface area contributed by atoms with Crippen molar-refractivity contribution in [3.05, 3.63) is 120 Å². The Morgan fingerprint density at radius 1 is 0.514 bits per heavy atom. The van der Waals surface area contributed by atoms with Gasteiger partial charge in [0.1, 0.15) is 0 Å². The second-order valence-corrected chi connectivity index (χ2v) is 8.67. The first kappa shape index (κ1) is 26.6. The summed E-state index contributed by atoms with van der Waals surface area (Å²) < 4.78 is 17.9. The third-order valence-corrected chi connectivity index (χ3v) is 5.91. The number of rotatable bonds is 14. The van der Waals surface area contributed by atoms with Crippen molar-refractivity contribution in [2.24, 2.45) is 0 Å². The molecule has 4 aromatic carbocycles. The van der Waals surface area contributed by atoms with Gasteiger partial charge in [0.15, 0.2) is 0 Å². The molecule has 0 saturated heterocycles. The van der Waals surface area contributed by atoms with E-state index in [1.807, 2.05) is 74.5 Å². The predicted octanol–water partition coefficient (Wildman–Crippen LogP) is 5.09. The molecule has 0 unspecified atom stereocenters. The Hall–Kier alpha value is -3.51. The Kier molecular flexibility index (Phi) is 10.3. The Labute approximate surface area is 221 Å². The summed E-state index contributed by atoms with van der Waals surface area (Å²) in [5.74, 6) is 0. The highest BCUT2D eigenvalue weighted by Crippen LogP contribution is 2.10. The molecular formula is C30H34B2N2O3. The van der Waals surface area contributed by atoms with Gasteiger partial charge in [0.2, 0.25) is 0 Å². The molecule has 7 heteroatoms. The van der Waals surface area contributed by atoms with Crippen molar-refractivity contribution in [2.75, 3.05) is 23.7 Å². The Bertz CT molecular complexity index is 1080. The number of ether oxygens (including phenoxy) is 1. The van der Waals surface area contributed by atoms with Crippen molar-refractivity contribution in [1.29, 1.82) is 0 Å². The largest absolute Gasteiger partial charge is 0.449 e. The van der Waals surface area contributed by atoms with Crippen molar-refractivity contribution in [1.82, 2.24) is 0 Å². The fraction of sp³-hybridized carbons (Fsp3) is 0.200. The van der Waals surface area contributed by atoms with Crippen LogP contribution in [0.1, 0.15) is 25.0 Å². The smallest absolute Gasteiger partial charge is 0.413 e. The topological polar surface area (TPSA) is 51.8 Å². The summed E-state index contributed by atoms with van der Waals surface area (Å²) in [5.41, 5.74) is 6.47. The van der Waals surface area contributed by atoms with Crippen LogP contribution in [0.2, 0.25) is 0 Å². The van der Waals surface area contributed by atoms with Crippen molar-refractivity contribution in [3.8, 4) is 0 Å². The fourth-order valence-electron chi connectivity index (χ4n) is 4.01. The molecule has 0 atom stereocenters. The van der Waals surface area contributed by atoms with Crippen molar-refractivity contribution < 1.29 is 14.0 Å². The van der Waals surface area contributed by atoms with Crippen LogP contribution in [0.3, 0.4) is 0 Å². The molecule has 0 spiro atoms. The third kappa shape index (κ3) is 8.25. The van der Waals surface area contributed by atoms with Gasteiger partial charge in [-0.2, -0.15) is 0 Å². The van der Waals surface area contributed by atoms with Crippen LogP contribution in [-0.2, 0) is 27.3 Å². The Morgan fingerprint density at radius 3 is 1.24 bits per heavy atom. The van der Waals surface area contributed by atoms with E-state index in [0.29, 0.717) is 26.4 Å². The average molecular weight is 492 g/mol. The van der Waals surface area contributed by atoms with E-state index in [-0.39, 0.29) is 14.1 Å². The molecule has 0 bridgehead atoms. The van der Waals surface area contributed by atoms with Gasteiger partial charge < -0.3 is 24.5 Å². The molecule has 0 radical (unpaired) electrons. The van der Waals surface area contributed by atoms with Gasteiger partial charge in [-0.05, 0) is 60.2 Å². The number of anilines is 2. The van der Waals surface area contributed by atoms with Crippen LogP contribution in [0.5, 0.6) is 0 Å². The molecule has 4 aromatic rings. The second-order valence-electron chi connectivity index (χ2n) is 8.67. The summed E-state index contributed by atoms with van der Waals surface area (Å²) in [4.78, 5) is 0. The molecule has 0 saturated carbocycles. The van der Waals surface area contributed by atoms with E-state index in [1.54, 1.807) is 0 Å². The molecule has 5 nitrogen and oxygen atoms in total. The average Bonchev–Trinajstić information content (AvgIpc) is 2.95. The first-order chi connectivity index (χ1) is 18.2. The van der Waals surface area contributed by atoms with Crippen molar-refractivity contribution >= 4 is 36.4 Å². The standard InChI is InChI=1S/C30H34B2N2O3/c1-3-36-31(33-29-11-7-5-8-12-29)27-19-15-25(16-20-27)23-35-24-26-17-21-28(22-18-26)32(37-4-2)34-30-13-9-6-10-14-30/h5-22,33-34H,3-4,23-24H2,1-2H3. The Morgan fingerprint density at radius 2 is 0.892 bits per heavy atom. The molecule has 2 N–H and O–H groups in total. The molecule has 37 heavy (non-hydrogen) atoms. The first-order valence-electron chi connectivity index (χ1n) is 12.9. The zero-order valence-corrected chi connectivity index (χ0v) is 21.6. The maximum Gasteiger partial charge on any atom is 0.449 e. The number of para-hydroxylation sites is 2. The molecule has 4 rings (SSSR count). The highest BCUT2D eigenvalue weighted by atomic mass is 16.5. The maximum atomic E-state index is 6.00. The van der Waals surface area contributed by atoms with E-state index < -0.39 is 0 Å². The molecule has 0 amide bonds. The summed E-state index contributed by atoms with van der Waals surface area (Å²) in [6.07, 6.45) is 0. The number of hydrogen-bond donors (Lipinski definition) is 2. The molecule has 0 heterocycles. The van der Waals surface area contributed by atoms with E-state index in [1.165, 1.54) is 0 Å². The molecule has 0 aliphatic carbocycles. The molecule has 0 aliphatic heterocycles. The fourth-order valence-corrected chi connectivity index (χ4v) is 4.01. The predicted molar refractivity (Wildman–Crippen MR) is 156 cm³/mol. The van der Waals surface area contributed by atoms with E-state index in [4.69, 9.17) is 14.0 Å². The highest BCUT2D eigenvalue weighted by molar-refractivity contribution is 6.71. The van der Waals surface area contributed by atoms with Gasteiger partial charge in [-0.1, -0.05) is 84.9 Å². The summed E-state index contributed by atoms with van der Waals surface area (Å²) in [6.45, 7) is 6.36. The van der Waals surface area contributed by atoms with Gasteiger partial charge in [-0.3, -0.25) is 0 Å². The summed E-state index contributed by atoms with van der Waals surface area (Å²) >= 11 is 0. The second kappa shape index (κ2) is 14.3. The lowest BCUT2D eigenvalue weighted by atomic mass is 9.73. The normalized spacial score (nSPS) is 10.6. The quantitative estimate of drug-likeness (QED) is 0.240. The van der Waals surface area contributed by atoms with E-state index >= 15 is 0 Å². The van der Waals surface area contributed by atoms with Gasteiger partial charge >= 0.3 is 14.1 Å². The number of hydrogen-bond acceptors (Lipinski definition) is 5. The summed E-state index contributed by atoms with van der Waals surface area (Å²) in [7, 11) is -0.393. The lowest BCUT2D eigenvalue weighted by molar-refractivity contribution is 0.107. The lowest BCUT2D eigenvalue weighted by Crippen LogP contribution is -2.41. The lowest BCUT2D eigenvalue weighted by Gasteiger charge is -2.17. The van der Waals surface area contributed by atoms with Crippen LogP contribution in [0, 0.1) is 0 Å². The van der Waals surface area contributed by atoms with Crippen molar-refractivity contribution in [3.63, 3.8) is 0 Å². The van der Waals surface area contributed by atoms with Crippen LogP contribution < -0.4 is 21.4 Å². The van der Waals surface area contributed by atoms with Crippen LogP contribution in [0.4, 0.5) is 11.4 Å². The number of nitrogens with one attached hydrogen (secondary N) is 2. The van der Waals surface area contributed by atoms with E-state index in [2.05, 4.69) is 59.0 Å². The van der Waals surface area contributed by atoms with Gasteiger partial charge in [-0.15, -0.1) is 0 Å². The minimum atomic E-state index is -0.197. The van der Waals surface area contributed by atoms with Crippen LogP contribution >= 0.6 is 0 Å². The minimum Gasteiger partial charge on any atom is -0.413 e. The molecule has 0 fully saturated rings. The van der Waals surface area contributed by atoms with Crippen molar-refractivity contribution in [2.45, 2.75) is 27.1 Å². The zero-order chi connectivity index (χ0) is 25.7. The SMILES string of the molecule is CCOB(Nc1ccccc1)c1ccc(COCc2ccc(B(Nc3ccccc3)OCC)cc2)cc1. The first-order valence-corrected chi connectivity index (χ1v) is 12.9. The van der Waals surface area contributed by atoms with Crippen LogP contribution in [-0.4, -0.2) is 27.3 Å². The van der Waals surface area contributed by atoms with Gasteiger partial charge in [0, 0.05) is 24.6 Å². The van der Waals surface area contributed by atoms with Gasteiger partial charge in [0.05, 0.1) is 13.2 Å². The van der Waals surface area contributed by atoms with E-state index in [9.17, 15) is 0 Å².